The predicted molar refractivity (Wildman–Crippen MR) is 111 cm³/mol. The van der Waals surface area contributed by atoms with Crippen LogP contribution in [0, 0.1) is 11.7 Å². The Hall–Kier alpha value is -2.24. The molecule has 0 unspecified atom stereocenters. The molecule has 5 heteroatoms. The molecule has 1 atom stereocenters. The first-order valence-corrected chi connectivity index (χ1v) is 10.6. The van der Waals surface area contributed by atoms with Gasteiger partial charge in [0.25, 0.3) is 5.91 Å². The maximum absolute atomic E-state index is 13.9. The molecule has 1 saturated carbocycles. The van der Waals surface area contributed by atoms with E-state index in [0.717, 1.165) is 25.7 Å². The normalized spacial score (nSPS) is 20.6. The van der Waals surface area contributed by atoms with Gasteiger partial charge in [-0.2, -0.15) is 0 Å². The van der Waals surface area contributed by atoms with Crippen LogP contribution in [0.5, 0.6) is 0 Å². The molecule has 2 aromatic carbocycles. The second kappa shape index (κ2) is 8.64. The van der Waals surface area contributed by atoms with Crippen molar-refractivity contribution in [3.63, 3.8) is 0 Å². The van der Waals surface area contributed by atoms with Gasteiger partial charge >= 0.3 is 0 Å². The zero-order valence-corrected chi connectivity index (χ0v) is 16.8. The second-order valence-electron chi connectivity index (χ2n) is 8.27. The van der Waals surface area contributed by atoms with Crippen molar-refractivity contribution >= 4 is 5.91 Å². The SMILES string of the molecule is O=C(N1CCN(Cc2ccccc2F)CC1)[C@](O)(c1ccccc1)C1CCCC1. The van der Waals surface area contributed by atoms with Crippen LogP contribution < -0.4 is 0 Å². The van der Waals surface area contributed by atoms with E-state index in [-0.39, 0.29) is 17.6 Å². The third kappa shape index (κ3) is 4.07. The van der Waals surface area contributed by atoms with E-state index in [9.17, 15) is 14.3 Å². The van der Waals surface area contributed by atoms with Crippen LogP contribution in [0.2, 0.25) is 0 Å². The van der Waals surface area contributed by atoms with Crippen molar-refractivity contribution in [2.75, 3.05) is 26.2 Å². The first-order chi connectivity index (χ1) is 14.1. The van der Waals surface area contributed by atoms with E-state index in [1.54, 1.807) is 17.0 Å². The molecule has 0 aromatic heterocycles. The minimum atomic E-state index is -1.45. The van der Waals surface area contributed by atoms with Crippen molar-refractivity contribution < 1.29 is 14.3 Å². The molecule has 0 spiro atoms. The lowest BCUT2D eigenvalue weighted by Gasteiger charge is -2.41. The Kier molecular flexibility index (Phi) is 5.97. The quantitative estimate of drug-likeness (QED) is 0.841. The lowest BCUT2D eigenvalue weighted by atomic mass is 9.79. The average Bonchev–Trinajstić information content (AvgIpc) is 3.31. The van der Waals surface area contributed by atoms with Crippen LogP contribution in [-0.4, -0.2) is 47.0 Å². The van der Waals surface area contributed by atoms with Crippen LogP contribution in [0.1, 0.15) is 36.8 Å². The Morgan fingerprint density at radius 2 is 1.59 bits per heavy atom. The van der Waals surface area contributed by atoms with Gasteiger partial charge in [-0.1, -0.05) is 61.4 Å². The number of rotatable bonds is 5. The van der Waals surface area contributed by atoms with E-state index in [1.807, 2.05) is 36.4 Å². The first kappa shape index (κ1) is 20.0. The van der Waals surface area contributed by atoms with Crippen molar-refractivity contribution in [2.24, 2.45) is 5.92 Å². The Bertz CT molecular complexity index is 830. The maximum Gasteiger partial charge on any atom is 0.259 e. The number of carbonyl (C=O) groups excluding carboxylic acids is 1. The van der Waals surface area contributed by atoms with Gasteiger partial charge in [0, 0.05) is 44.2 Å². The second-order valence-corrected chi connectivity index (χ2v) is 8.27. The summed E-state index contributed by atoms with van der Waals surface area (Å²) in [6, 6.07) is 16.2. The molecule has 4 nitrogen and oxygen atoms in total. The molecule has 154 valence electrons. The standard InChI is InChI=1S/C24H29FN2O2/c25-22-13-7-4-8-19(22)18-26-14-16-27(17-15-26)23(28)24(29,21-11-5-6-12-21)20-9-2-1-3-10-20/h1-4,7-10,13,21,29H,5-6,11-12,14-18H2/t24-/m0/s1. The van der Waals surface area contributed by atoms with Crippen LogP contribution in [-0.2, 0) is 16.9 Å². The molecule has 2 aromatic rings. The lowest BCUT2D eigenvalue weighted by molar-refractivity contribution is -0.161. The van der Waals surface area contributed by atoms with E-state index in [0.29, 0.717) is 43.9 Å². The highest BCUT2D eigenvalue weighted by molar-refractivity contribution is 5.87. The summed E-state index contributed by atoms with van der Waals surface area (Å²) in [7, 11) is 0. The van der Waals surface area contributed by atoms with E-state index in [1.165, 1.54) is 6.07 Å². The molecule has 2 fully saturated rings. The smallest absolute Gasteiger partial charge is 0.259 e. The molecule has 1 heterocycles. The molecule has 4 rings (SSSR count). The van der Waals surface area contributed by atoms with E-state index in [2.05, 4.69) is 4.90 Å². The molecule has 1 saturated heterocycles. The Balaban J connectivity index is 1.46. The fourth-order valence-electron chi connectivity index (χ4n) is 4.79. The van der Waals surface area contributed by atoms with Crippen molar-refractivity contribution in [2.45, 2.75) is 37.8 Å². The summed E-state index contributed by atoms with van der Waals surface area (Å²) in [5.74, 6) is -0.402. The van der Waals surface area contributed by atoms with Crippen molar-refractivity contribution in [1.29, 1.82) is 0 Å². The van der Waals surface area contributed by atoms with Crippen molar-refractivity contribution in [3.05, 3.63) is 71.5 Å². The molecule has 2 aliphatic rings. The summed E-state index contributed by atoms with van der Waals surface area (Å²) in [6.45, 7) is 3.00. The highest BCUT2D eigenvalue weighted by Crippen LogP contribution is 2.42. The topological polar surface area (TPSA) is 43.8 Å². The zero-order chi connectivity index (χ0) is 20.3. The van der Waals surface area contributed by atoms with Gasteiger partial charge in [-0.05, 0) is 24.5 Å². The Morgan fingerprint density at radius 1 is 0.966 bits per heavy atom. The third-order valence-corrected chi connectivity index (χ3v) is 6.50. The molecular formula is C24H29FN2O2. The molecule has 29 heavy (non-hydrogen) atoms. The highest BCUT2D eigenvalue weighted by Gasteiger charge is 2.48. The largest absolute Gasteiger partial charge is 0.375 e. The van der Waals surface area contributed by atoms with Gasteiger partial charge in [-0.25, -0.2) is 4.39 Å². The summed E-state index contributed by atoms with van der Waals surface area (Å²) in [6.07, 6.45) is 3.88. The average molecular weight is 397 g/mol. The van der Waals surface area contributed by atoms with Gasteiger partial charge in [-0.15, -0.1) is 0 Å². The van der Waals surface area contributed by atoms with Crippen molar-refractivity contribution in [1.82, 2.24) is 9.80 Å². The van der Waals surface area contributed by atoms with Crippen LogP contribution in [0.15, 0.2) is 54.6 Å². The monoisotopic (exact) mass is 396 g/mol. The summed E-state index contributed by atoms with van der Waals surface area (Å²) < 4.78 is 13.9. The van der Waals surface area contributed by atoms with Gasteiger partial charge in [0.2, 0.25) is 0 Å². The molecule has 0 radical (unpaired) electrons. The lowest BCUT2D eigenvalue weighted by Crippen LogP contribution is -2.56. The summed E-state index contributed by atoms with van der Waals surface area (Å²) in [5.41, 5.74) is -0.0735. The molecule has 0 bridgehead atoms. The highest BCUT2D eigenvalue weighted by atomic mass is 19.1. The van der Waals surface area contributed by atoms with Gasteiger partial charge in [0.05, 0.1) is 0 Å². The number of carbonyl (C=O) groups is 1. The number of nitrogens with zero attached hydrogens (tertiary/aromatic N) is 2. The number of aliphatic hydroxyl groups is 1. The van der Waals surface area contributed by atoms with E-state index < -0.39 is 5.60 Å². The van der Waals surface area contributed by atoms with Crippen LogP contribution in [0.25, 0.3) is 0 Å². The number of benzene rings is 2. The van der Waals surface area contributed by atoms with Crippen LogP contribution in [0.3, 0.4) is 0 Å². The van der Waals surface area contributed by atoms with Crippen molar-refractivity contribution in [3.8, 4) is 0 Å². The molecular weight excluding hydrogens is 367 g/mol. The Labute approximate surface area is 171 Å². The van der Waals surface area contributed by atoms with Crippen LogP contribution in [0.4, 0.5) is 4.39 Å². The molecule has 1 N–H and O–H groups in total. The zero-order valence-electron chi connectivity index (χ0n) is 16.8. The van der Waals surface area contributed by atoms with Gasteiger partial charge in [-0.3, -0.25) is 9.69 Å². The van der Waals surface area contributed by atoms with Gasteiger partial charge < -0.3 is 10.0 Å². The first-order valence-electron chi connectivity index (χ1n) is 10.6. The summed E-state index contributed by atoms with van der Waals surface area (Å²) in [5, 5.41) is 11.7. The number of hydrogen-bond donors (Lipinski definition) is 1. The minimum Gasteiger partial charge on any atom is -0.375 e. The fraction of sp³-hybridized carbons (Fsp3) is 0.458. The molecule has 1 aliphatic heterocycles. The predicted octanol–water partition coefficient (Wildman–Crippen LogP) is 3.55. The number of halogens is 1. The van der Waals surface area contributed by atoms with E-state index in [4.69, 9.17) is 0 Å². The number of hydrogen-bond acceptors (Lipinski definition) is 3. The molecule has 1 amide bonds. The Morgan fingerprint density at radius 3 is 2.24 bits per heavy atom. The van der Waals surface area contributed by atoms with Gasteiger partial charge in [0.1, 0.15) is 5.82 Å². The number of amides is 1. The molecule has 1 aliphatic carbocycles. The van der Waals surface area contributed by atoms with E-state index >= 15 is 0 Å². The maximum atomic E-state index is 13.9. The van der Waals surface area contributed by atoms with Gasteiger partial charge in [0.15, 0.2) is 5.60 Å². The third-order valence-electron chi connectivity index (χ3n) is 6.50. The summed E-state index contributed by atoms with van der Waals surface area (Å²) >= 11 is 0. The number of piperazine rings is 1. The minimum absolute atomic E-state index is 0.0335. The summed E-state index contributed by atoms with van der Waals surface area (Å²) in [4.78, 5) is 17.5. The fourth-order valence-corrected chi connectivity index (χ4v) is 4.79. The van der Waals surface area contributed by atoms with Crippen LogP contribution >= 0.6 is 0 Å².